The number of rotatable bonds is 18. The smallest absolute Gasteiger partial charge is 0.335 e. The Morgan fingerprint density at radius 1 is 0.765 bits per heavy atom. The summed E-state index contributed by atoms with van der Waals surface area (Å²) < 4.78 is 5.88. The van der Waals surface area contributed by atoms with Crippen molar-refractivity contribution in [1.29, 1.82) is 5.26 Å². The second kappa shape index (κ2) is 16.8. The highest BCUT2D eigenvalue weighted by molar-refractivity contribution is 5.88. The number of carboxylic acids is 1. The Labute approximate surface area is 206 Å². The second-order valence-electron chi connectivity index (χ2n) is 9.15. The van der Waals surface area contributed by atoms with E-state index in [1.54, 1.807) is 30.3 Å². The standard InChI is InChI=1S/C30H41NO3/c1-2-3-4-5-6-7-8-9-10-11-12-13-14-15-22-34-29-21-20-27(23-28(29)24-31)25-16-18-26(19-17-25)30(32)33/h16-21,23H,2-15,22H2,1H3,(H,32,33). The minimum atomic E-state index is -0.948. The molecule has 0 atom stereocenters. The van der Waals surface area contributed by atoms with E-state index in [2.05, 4.69) is 13.0 Å². The molecule has 0 bridgehead atoms. The van der Waals surface area contributed by atoms with Crippen molar-refractivity contribution < 1.29 is 14.6 Å². The molecular formula is C30H41NO3. The second-order valence-corrected chi connectivity index (χ2v) is 9.15. The Morgan fingerprint density at radius 3 is 1.76 bits per heavy atom. The van der Waals surface area contributed by atoms with Crippen LogP contribution in [0.25, 0.3) is 11.1 Å². The van der Waals surface area contributed by atoms with Gasteiger partial charge in [0.2, 0.25) is 0 Å². The van der Waals surface area contributed by atoms with Gasteiger partial charge in [-0.2, -0.15) is 5.26 Å². The number of hydrogen-bond acceptors (Lipinski definition) is 3. The Kier molecular flexibility index (Phi) is 13.5. The normalized spacial score (nSPS) is 10.7. The summed E-state index contributed by atoms with van der Waals surface area (Å²) in [5, 5.41) is 18.6. The lowest BCUT2D eigenvalue weighted by molar-refractivity contribution is 0.0697. The van der Waals surface area contributed by atoms with Crippen molar-refractivity contribution in [2.24, 2.45) is 0 Å². The van der Waals surface area contributed by atoms with Crippen LogP contribution in [0.2, 0.25) is 0 Å². The first kappa shape index (κ1) is 27.4. The van der Waals surface area contributed by atoms with Gasteiger partial charge >= 0.3 is 5.97 Å². The van der Waals surface area contributed by atoms with E-state index in [0.717, 1.165) is 24.0 Å². The molecule has 0 aromatic heterocycles. The number of carbonyl (C=O) groups is 1. The molecule has 34 heavy (non-hydrogen) atoms. The summed E-state index contributed by atoms with van der Waals surface area (Å²) >= 11 is 0. The summed E-state index contributed by atoms with van der Waals surface area (Å²) in [6, 6.07) is 14.4. The van der Waals surface area contributed by atoms with E-state index < -0.39 is 5.97 Å². The zero-order valence-electron chi connectivity index (χ0n) is 20.9. The molecule has 0 radical (unpaired) electrons. The highest BCUT2D eigenvalue weighted by atomic mass is 16.5. The monoisotopic (exact) mass is 463 g/mol. The molecule has 1 N–H and O–H groups in total. The van der Waals surface area contributed by atoms with Crippen LogP contribution in [-0.4, -0.2) is 17.7 Å². The summed E-state index contributed by atoms with van der Waals surface area (Å²) in [4.78, 5) is 11.0. The Balaban J connectivity index is 1.58. The molecule has 0 spiro atoms. The van der Waals surface area contributed by atoms with Gasteiger partial charge in [-0.3, -0.25) is 0 Å². The van der Waals surface area contributed by atoms with Crippen LogP contribution in [0.1, 0.15) is 113 Å². The molecule has 0 aliphatic heterocycles. The van der Waals surface area contributed by atoms with Gasteiger partial charge in [-0.15, -0.1) is 0 Å². The van der Waals surface area contributed by atoms with Gasteiger partial charge in [0.1, 0.15) is 11.8 Å². The largest absolute Gasteiger partial charge is 0.492 e. The third-order valence-electron chi connectivity index (χ3n) is 6.32. The van der Waals surface area contributed by atoms with Crippen LogP contribution in [0, 0.1) is 11.3 Å². The van der Waals surface area contributed by atoms with Crippen LogP contribution in [0.5, 0.6) is 5.75 Å². The molecule has 2 aromatic rings. The number of carboxylic acid groups (broad SMARTS) is 1. The van der Waals surface area contributed by atoms with Crippen molar-refractivity contribution in [2.45, 2.75) is 96.8 Å². The van der Waals surface area contributed by atoms with Crippen molar-refractivity contribution in [3.05, 3.63) is 53.6 Å². The summed E-state index contributed by atoms with van der Waals surface area (Å²) in [5.41, 5.74) is 2.50. The van der Waals surface area contributed by atoms with E-state index >= 15 is 0 Å². The average molecular weight is 464 g/mol. The molecule has 0 saturated heterocycles. The number of nitrogens with zero attached hydrogens (tertiary/aromatic N) is 1. The van der Waals surface area contributed by atoms with Gasteiger partial charge in [0.25, 0.3) is 0 Å². The van der Waals surface area contributed by atoms with E-state index in [9.17, 15) is 10.1 Å². The highest BCUT2D eigenvalue weighted by Crippen LogP contribution is 2.27. The summed E-state index contributed by atoms with van der Waals surface area (Å²) in [6.45, 7) is 2.89. The number of aromatic carboxylic acids is 1. The van der Waals surface area contributed by atoms with Crippen molar-refractivity contribution in [2.75, 3.05) is 6.61 Å². The quantitative estimate of drug-likeness (QED) is 0.224. The van der Waals surface area contributed by atoms with Crippen LogP contribution in [-0.2, 0) is 0 Å². The number of nitriles is 1. The zero-order chi connectivity index (χ0) is 24.4. The first-order chi connectivity index (χ1) is 16.7. The maximum atomic E-state index is 11.0. The van der Waals surface area contributed by atoms with Crippen molar-refractivity contribution in [3.63, 3.8) is 0 Å². The predicted molar refractivity (Wildman–Crippen MR) is 139 cm³/mol. The molecule has 0 heterocycles. The molecule has 0 fully saturated rings. The highest BCUT2D eigenvalue weighted by Gasteiger charge is 2.08. The van der Waals surface area contributed by atoms with Crippen LogP contribution in [0.15, 0.2) is 42.5 Å². The molecule has 2 aromatic carbocycles. The average Bonchev–Trinajstić information content (AvgIpc) is 2.86. The number of unbranched alkanes of at least 4 members (excludes halogenated alkanes) is 13. The van der Waals surface area contributed by atoms with E-state index in [1.807, 2.05) is 12.1 Å². The maximum absolute atomic E-state index is 11.0. The van der Waals surface area contributed by atoms with E-state index in [-0.39, 0.29) is 5.56 Å². The van der Waals surface area contributed by atoms with Gasteiger partial charge in [0.15, 0.2) is 0 Å². The third-order valence-corrected chi connectivity index (χ3v) is 6.32. The Morgan fingerprint density at radius 2 is 1.26 bits per heavy atom. The number of hydrogen-bond donors (Lipinski definition) is 1. The first-order valence-corrected chi connectivity index (χ1v) is 13.2. The van der Waals surface area contributed by atoms with Crippen LogP contribution in [0.4, 0.5) is 0 Å². The van der Waals surface area contributed by atoms with Crippen molar-refractivity contribution >= 4 is 5.97 Å². The molecular weight excluding hydrogens is 422 g/mol. The lowest BCUT2D eigenvalue weighted by atomic mass is 10.0. The molecule has 4 heteroatoms. The van der Waals surface area contributed by atoms with Crippen LogP contribution >= 0.6 is 0 Å². The Hall–Kier alpha value is -2.80. The molecule has 184 valence electrons. The van der Waals surface area contributed by atoms with Gasteiger partial charge in [0.05, 0.1) is 17.7 Å². The Bertz CT molecular complexity index is 883. The molecule has 2 rings (SSSR count). The fourth-order valence-electron chi connectivity index (χ4n) is 4.21. The number of benzene rings is 2. The summed E-state index contributed by atoms with van der Waals surface area (Å²) in [7, 11) is 0. The zero-order valence-corrected chi connectivity index (χ0v) is 20.9. The van der Waals surface area contributed by atoms with E-state index in [1.165, 1.54) is 77.0 Å². The van der Waals surface area contributed by atoms with Crippen LogP contribution in [0.3, 0.4) is 0 Å². The fraction of sp³-hybridized carbons (Fsp3) is 0.533. The van der Waals surface area contributed by atoms with Gasteiger partial charge in [-0.1, -0.05) is 109 Å². The maximum Gasteiger partial charge on any atom is 0.335 e. The van der Waals surface area contributed by atoms with Crippen molar-refractivity contribution in [1.82, 2.24) is 0 Å². The van der Waals surface area contributed by atoms with Gasteiger partial charge < -0.3 is 9.84 Å². The lowest BCUT2D eigenvalue weighted by Crippen LogP contribution is -1.99. The molecule has 4 nitrogen and oxygen atoms in total. The SMILES string of the molecule is CCCCCCCCCCCCCCCCOc1ccc(-c2ccc(C(=O)O)cc2)cc1C#N. The summed E-state index contributed by atoms with van der Waals surface area (Å²) in [5.74, 6) is -0.334. The molecule has 0 saturated carbocycles. The minimum Gasteiger partial charge on any atom is -0.492 e. The van der Waals surface area contributed by atoms with Crippen LogP contribution < -0.4 is 4.74 Å². The first-order valence-electron chi connectivity index (χ1n) is 13.2. The third kappa shape index (κ3) is 10.4. The predicted octanol–water partition coefficient (Wildman–Crippen LogP) is 8.78. The lowest BCUT2D eigenvalue weighted by Gasteiger charge is -2.10. The van der Waals surface area contributed by atoms with E-state index in [0.29, 0.717) is 17.9 Å². The molecule has 0 unspecified atom stereocenters. The van der Waals surface area contributed by atoms with Gasteiger partial charge in [-0.05, 0) is 41.8 Å². The summed E-state index contributed by atoms with van der Waals surface area (Å²) in [6.07, 6.45) is 18.6. The fourth-order valence-corrected chi connectivity index (χ4v) is 4.21. The molecule has 0 aliphatic carbocycles. The minimum absolute atomic E-state index is 0.248. The van der Waals surface area contributed by atoms with Gasteiger partial charge in [-0.25, -0.2) is 4.79 Å². The molecule has 0 amide bonds. The van der Waals surface area contributed by atoms with Gasteiger partial charge in [0, 0.05) is 0 Å². The van der Waals surface area contributed by atoms with Crippen molar-refractivity contribution in [3.8, 4) is 22.9 Å². The molecule has 0 aliphatic rings. The van der Waals surface area contributed by atoms with E-state index in [4.69, 9.17) is 9.84 Å². The topological polar surface area (TPSA) is 70.3 Å². The number of ether oxygens (including phenoxy) is 1.